The van der Waals surface area contributed by atoms with Crippen molar-refractivity contribution in [2.24, 2.45) is 0 Å². The number of alkyl halides is 1. The zero-order valence-corrected chi connectivity index (χ0v) is 15.6. The van der Waals surface area contributed by atoms with Crippen molar-refractivity contribution >= 4 is 5.91 Å². The van der Waals surface area contributed by atoms with E-state index < -0.39 is 6.17 Å². The molecule has 4 rings (SSSR count). The molecule has 0 spiro atoms. The molecule has 7 nitrogen and oxygen atoms in total. The van der Waals surface area contributed by atoms with E-state index in [-0.39, 0.29) is 11.9 Å². The number of benzene rings is 1. The van der Waals surface area contributed by atoms with Crippen LogP contribution in [0.1, 0.15) is 28.4 Å². The maximum absolute atomic E-state index is 14.0. The fourth-order valence-corrected chi connectivity index (χ4v) is 3.52. The molecule has 0 unspecified atom stereocenters. The van der Waals surface area contributed by atoms with Crippen molar-refractivity contribution in [1.82, 2.24) is 25.6 Å². The number of aromatic nitrogens is 3. The van der Waals surface area contributed by atoms with Crippen molar-refractivity contribution in [2.75, 3.05) is 13.1 Å². The van der Waals surface area contributed by atoms with Crippen LogP contribution in [0.3, 0.4) is 0 Å². The van der Waals surface area contributed by atoms with Crippen LogP contribution in [0.2, 0.25) is 0 Å². The Morgan fingerprint density at radius 2 is 2.18 bits per heavy atom. The van der Waals surface area contributed by atoms with Gasteiger partial charge in [-0.3, -0.25) is 14.8 Å². The summed E-state index contributed by atoms with van der Waals surface area (Å²) in [5, 5.41) is 13.7. The number of carbonyl (C=O) groups is 1. The summed E-state index contributed by atoms with van der Waals surface area (Å²) >= 11 is 0. The third-order valence-electron chi connectivity index (χ3n) is 4.90. The predicted octanol–water partition coefficient (Wildman–Crippen LogP) is 2.72. The molecule has 146 valence electrons. The van der Waals surface area contributed by atoms with Crippen LogP contribution in [-0.2, 0) is 6.54 Å². The van der Waals surface area contributed by atoms with E-state index >= 15 is 0 Å². The van der Waals surface area contributed by atoms with E-state index in [9.17, 15) is 9.18 Å². The molecule has 1 aliphatic heterocycles. The molecule has 1 aromatic carbocycles. The van der Waals surface area contributed by atoms with E-state index in [0.717, 1.165) is 11.3 Å². The first-order chi connectivity index (χ1) is 13.6. The number of likely N-dealkylation sites (tertiary alicyclic amines) is 1. The summed E-state index contributed by atoms with van der Waals surface area (Å²) in [6.07, 6.45) is -0.534. The first kappa shape index (κ1) is 18.4. The van der Waals surface area contributed by atoms with Crippen molar-refractivity contribution in [3.63, 3.8) is 0 Å². The van der Waals surface area contributed by atoms with Crippen LogP contribution in [-0.4, -0.2) is 51.5 Å². The lowest BCUT2D eigenvalue weighted by atomic mass is 10.1. The Bertz CT molecular complexity index is 939. The number of hydrogen-bond donors (Lipinski definition) is 2. The van der Waals surface area contributed by atoms with Gasteiger partial charge < -0.3 is 9.84 Å². The molecular formula is C20H22FN5O2. The Labute approximate surface area is 161 Å². The average Bonchev–Trinajstić information content (AvgIpc) is 3.41. The van der Waals surface area contributed by atoms with Crippen molar-refractivity contribution < 1.29 is 13.7 Å². The normalized spacial score (nSPS) is 19.8. The van der Waals surface area contributed by atoms with Gasteiger partial charge in [-0.15, -0.1) is 0 Å². The minimum absolute atomic E-state index is 0.0964. The van der Waals surface area contributed by atoms with Gasteiger partial charge >= 0.3 is 0 Å². The number of halogens is 1. The van der Waals surface area contributed by atoms with Gasteiger partial charge in [0, 0.05) is 30.8 Å². The van der Waals surface area contributed by atoms with E-state index in [1.807, 2.05) is 48.2 Å². The number of H-pyrrole nitrogens is 1. The summed E-state index contributed by atoms with van der Waals surface area (Å²) in [5.41, 5.74) is 2.82. The van der Waals surface area contributed by atoms with E-state index in [0.29, 0.717) is 43.2 Å². The van der Waals surface area contributed by atoms with Crippen LogP contribution in [0.5, 0.6) is 0 Å². The van der Waals surface area contributed by atoms with Crippen molar-refractivity contribution in [3.05, 3.63) is 59.6 Å². The average molecular weight is 383 g/mol. The molecule has 2 N–H and O–H groups in total. The Hall–Kier alpha value is -3.00. The lowest BCUT2D eigenvalue weighted by Gasteiger charge is -2.22. The van der Waals surface area contributed by atoms with Crippen molar-refractivity contribution in [2.45, 2.75) is 32.1 Å². The zero-order valence-electron chi connectivity index (χ0n) is 15.6. The number of carbonyl (C=O) groups excluding carboxylic acids is 1. The molecule has 8 heteroatoms. The molecule has 28 heavy (non-hydrogen) atoms. The molecule has 0 saturated carbocycles. The minimum atomic E-state index is -0.914. The second-order valence-electron chi connectivity index (χ2n) is 7.09. The van der Waals surface area contributed by atoms with Gasteiger partial charge in [0.15, 0.2) is 5.76 Å². The van der Waals surface area contributed by atoms with Crippen LogP contribution in [0, 0.1) is 6.92 Å². The zero-order chi connectivity index (χ0) is 19.5. The lowest BCUT2D eigenvalue weighted by Crippen LogP contribution is -2.39. The van der Waals surface area contributed by atoms with Crippen LogP contribution in [0.15, 0.2) is 47.0 Å². The molecule has 1 amide bonds. The van der Waals surface area contributed by atoms with Crippen molar-refractivity contribution in [3.8, 4) is 11.3 Å². The summed E-state index contributed by atoms with van der Waals surface area (Å²) in [7, 11) is 0. The number of nitrogens with zero attached hydrogens (tertiary/aromatic N) is 3. The van der Waals surface area contributed by atoms with Crippen molar-refractivity contribution in [1.29, 1.82) is 0 Å². The fraction of sp³-hybridized carbons (Fsp3) is 0.350. The maximum Gasteiger partial charge on any atom is 0.269 e. The topological polar surface area (TPSA) is 87.0 Å². The number of amides is 1. The molecular weight excluding hydrogens is 361 g/mol. The minimum Gasteiger partial charge on any atom is -0.360 e. The number of aryl methyl sites for hydroxylation is 1. The summed E-state index contributed by atoms with van der Waals surface area (Å²) in [4.78, 5) is 14.5. The predicted molar refractivity (Wildman–Crippen MR) is 101 cm³/mol. The van der Waals surface area contributed by atoms with Gasteiger partial charge in [-0.1, -0.05) is 35.5 Å². The molecule has 1 aliphatic rings. The Morgan fingerprint density at radius 3 is 2.93 bits per heavy atom. The van der Waals surface area contributed by atoms with Gasteiger partial charge in [-0.25, -0.2) is 4.39 Å². The van der Waals surface area contributed by atoms with Crippen LogP contribution in [0.25, 0.3) is 11.3 Å². The van der Waals surface area contributed by atoms with Gasteiger partial charge in [-0.05, 0) is 19.4 Å². The van der Waals surface area contributed by atoms with Crippen LogP contribution in [0.4, 0.5) is 4.39 Å². The smallest absolute Gasteiger partial charge is 0.269 e. The molecule has 2 atom stereocenters. The third-order valence-corrected chi connectivity index (χ3v) is 4.90. The number of rotatable bonds is 6. The molecule has 1 fully saturated rings. The highest BCUT2D eigenvalue weighted by atomic mass is 19.1. The summed E-state index contributed by atoms with van der Waals surface area (Å²) in [5.74, 6) is 0.441. The first-order valence-electron chi connectivity index (χ1n) is 9.28. The van der Waals surface area contributed by atoms with E-state index in [1.54, 1.807) is 6.07 Å². The third kappa shape index (κ3) is 4.12. The van der Waals surface area contributed by atoms with Gasteiger partial charge in [0.05, 0.1) is 17.9 Å². The second-order valence-corrected chi connectivity index (χ2v) is 7.09. The van der Waals surface area contributed by atoms with Gasteiger partial charge in [0.2, 0.25) is 0 Å². The molecule has 3 heterocycles. The highest BCUT2D eigenvalue weighted by Crippen LogP contribution is 2.23. The fourth-order valence-electron chi connectivity index (χ4n) is 3.52. The first-order valence-corrected chi connectivity index (χ1v) is 9.28. The monoisotopic (exact) mass is 383 g/mol. The van der Waals surface area contributed by atoms with Crippen LogP contribution < -0.4 is 5.32 Å². The quantitative estimate of drug-likeness (QED) is 0.683. The number of hydrogen-bond acceptors (Lipinski definition) is 5. The van der Waals surface area contributed by atoms with Gasteiger partial charge in [0.25, 0.3) is 5.91 Å². The largest absolute Gasteiger partial charge is 0.360 e. The molecule has 2 aromatic heterocycles. The maximum atomic E-state index is 14.0. The highest BCUT2D eigenvalue weighted by molar-refractivity contribution is 5.93. The van der Waals surface area contributed by atoms with E-state index in [1.165, 1.54) is 0 Å². The summed E-state index contributed by atoms with van der Waals surface area (Å²) < 4.78 is 19.2. The number of nitrogens with one attached hydrogen (secondary N) is 2. The lowest BCUT2D eigenvalue weighted by molar-refractivity contribution is 0.0933. The molecule has 0 radical (unpaired) electrons. The van der Waals surface area contributed by atoms with E-state index in [4.69, 9.17) is 4.52 Å². The molecule has 0 bridgehead atoms. The summed E-state index contributed by atoms with van der Waals surface area (Å²) in [6.45, 7) is 3.00. The molecule has 3 aromatic rings. The van der Waals surface area contributed by atoms with Gasteiger partial charge in [-0.2, -0.15) is 5.10 Å². The SMILES string of the molecule is Cc1cc(CN2C[C@@H](F)C[C@H]2CNC(=O)c2cc(-c3ccccc3)n[nH]2)on1. The molecule has 1 saturated heterocycles. The Kier molecular flexibility index (Phi) is 5.21. The highest BCUT2D eigenvalue weighted by Gasteiger charge is 2.33. The molecule has 0 aliphatic carbocycles. The van der Waals surface area contributed by atoms with E-state index in [2.05, 4.69) is 20.7 Å². The second kappa shape index (κ2) is 7.93. The Morgan fingerprint density at radius 1 is 1.36 bits per heavy atom. The summed E-state index contributed by atoms with van der Waals surface area (Å²) in [6, 6.07) is 13.1. The van der Waals surface area contributed by atoms with Crippen LogP contribution >= 0.6 is 0 Å². The Balaban J connectivity index is 1.36. The standard InChI is InChI=1S/C20H22FN5O2/c1-13-7-17(28-25-13)12-26-11-15(21)8-16(26)10-22-20(27)19-9-18(23-24-19)14-5-3-2-4-6-14/h2-7,9,15-16H,8,10-12H2,1H3,(H,22,27)(H,23,24)/t15-,16-/m0/s1. The number of aromatic amines is 1. The van der Waals surface area contributed by atoms with Gasteiger partial charge in [0.1, 0.15) is 11.9 Å².